The summed E-state index contributed by atoms with van der Waals surface area (Å²) in [6.45, 7) is 2.23. The lowest BCUT2D eigenvalue weighted by Gasteiger charge is -2.16. The molecule has 1 radical (unpaired) electrons. The molecule has 1 nitrogen and oxygen atoms in total. The molecule has 1 aliphatic carbocycles. The van der Waals surface area contributed by atoms with E-state index in [0.717, 1.165) is 5.92 Å². The van der Waals surface area contributed by atoms with Crippen molar-refractivity contribution in [2.45, 2.75) is 32.6 Å². The molecule has 0 saturated heterocycles. The van der Waals surface area contributed by atoms with E-state index >= 15 is 0 Å². The van der Waals surface area contributed by atoms with E-state index in [0.29, 0.717) is 0 Å². The number of hydrogen-bond acceptors (Lipinski definition) is 1. The monoisotopic (exact) mass is 174 g/mol. The van der Waals surface area contributed by atoms with E-state index in [-0.39, 0.29) is 0 Å². The minimum Gasteiger partial charge on any atom is -0.261 e. The van der Waals surface area contributed by atoms with Crippen LogP contribution >= 0.6 is 0 Å². The first-order chi connectivity index (χ1) is 6.38. The number of aromatic nitrogens is 1. The minimum atomic E-state index is 0.801. The number of nitrogens with zero attached hydrogens (tertiary/aromatic N) is 1. The summed E-state index contributed by atoms with van der Waals surface area (Å²) in [7, 11) is 0. The zero-order valence-electron chi connectivity index (χ0n) is 8.16. The summed E-state index contributed by atoms with van der Waals surface area (Å²) in [5.41, 5.74) is 1.19. The van der Waals surface area contributed by atoms with E-state index in [9.17, 15) is 0 Å². The van der Waals surface area contributed by atoms with E-state index in [1.165, 1.54) is 37.3 Å². The van der Waals surface area contributed by atoms with Crippen LogP contribution in [0, 0.1) is 11.8 Å². The lowest BCUT2D eigenvalue weighted by atomic mass is 9.89. The second-order valence-electron chi connectivity index (χ2n) is 3.88. The normalized spacial score (nSPS) is 18.3. The third-order valence-corrected chi connectivity index (χ3v) is 3.04. The number of hydrogen-bond donors (Lipinski definition) is 0. The highest BCUT2D eigenvalue weighted by Gasteiger charge is 2.23. The second-order valence-corrected chi connectivity index (χ2v) is 3.88. The van der Waals surface area contributed by atoms with E-state index in [1.807, 2.05) is 12.3 Å². The first-order valence-corrected chi connectivity index (χ1v) is 5.13. The van der Waals surface area contributed by atoms with E-state index < -0.39 is 0 Å². The van der Waals surface area contributed by atoms with Crippen molar-refractivity contribution in [3.05, 3.63) is 36.0 Å². The van der Waals surface area contributed by atoms with Gasteiger partial charge in [-0.2, -0.15) is 0 Å². The van der Waals surface area contributed by atoms with Crippen molar-refractivity contribution in [1.29, 1.82) is 0 Å². The molecule has 0 aliphatic heterocycles. The van der Waals surface area contributed by atoms with Crippen LogP contribution in [0.4, 0.5) is 0 Å². The largest absolute Gasteiger partial charge is 0.261 e. The Kier molecular flexibility index (Phi) is 2.62. The van der Waals surface area contributed by atoms with Crippen molar-refractivity contribution in [2.75, 3.05) is 0 Å². The van der Waals surface area contributed by atoms with Crippen LogP contribution in [0.25, 0.3) is 0 Å². The average molecular weight is 174 g/mol. The molecule has 0 spiro atoms. The van der Waals surface area contributed by atoms with Crippen LogP contribution in [0.2, 0.25) is 0 Å². The molecular weight excluding hydrogens is 158 g/mol. The topological polar surface area (TPSA) is 12.9 Å². The van der Waals surface area contributed by atoms with Gasteiger partial charge in [-0.1, -0.05) is 25.8 Å². The van der Waals surface area contributed by atoms with Crippen LogP contribution in [0.5, 0.6) is 0 Å². The van der Waals surface area contributed by atoms with E-state index in [1.54, 1.807) is 0 Å². The molecule has 1 aromatic heterocycles. The second kappa shape index (κ2) is 3.91. The van der Waals surface area contributed by atoms with Crippen molar-refractivity contribution in [1.82, 2.24) is 4.98 Å². The van der Waals surface area contributed by atoms with Gasteiger partial charge < -0.3 is 0 Å². The van der Waals surface area contributed by atoms with Crippen molar-refractivity contribution in [3.8, 4) is 0 Å². The van der Waals surface area contributed by atoms with Crippen LogP contribution < -0.4 is 0 Å². The maximum atomic E-state index is 4.39. The van der Waals surface area contributed by atoms with E-state index in [2.05, 4.69) is 24.0 Å². The molecular formula is C12H16N. The highest BCUT2D eigenvalue weighted by molar-refractivity contribution is 5.23. The third kappa shape index (κ3) is 1.90. The van der Waals surface area contributed by atoms with Gasteiger partial charge in [0.05, 0.1) is 0 Å². The van der Waals surface area contributed by atoms with Crippen LogP contribution in [0.1, 0.15) is 38.3 Å². The molecule has 0 bridgehead atoms. The zero-order valence-corrected chi connectivity index (χ0v) is 8.16. The van der Waals surface area contributed by atoms with Gasteiger partial charge in [-0.25, -0.2) is 0 Å². The maximum absolute atomic E-state index is 4.39. The van der Waals surface area contributed by atoms with Gasteiger partial charge in [0, 0.05) is 17.8 Å². The summed E-state index contributed by atoms with van der Waals surface area (Å²) in [5.74, 6) is 2.29. The fourth-order valence-corrected chi connectivity index (χ4v) is 2.16. The Balaban J connectivity index is 2.08. The molecule has 2 rings (SSSR count). The lowest BCUT2D eigenvalue weighted by Crippen LogP contribution is -2.08. The molecule has 0 aromatic carbocycles. The van der Waals surface area contributed by atoms with Crippen molar-refractivity contribution in [3.63, 3.8) is 0 Å². The summed E-state index contributed by atoms with van der Waals surface area (Å²) < 4.78 is 0. The lowest BCUT2D eigenvalue weighted by molar-refractivity contribution is 0.578. The first-order valence-electron chi connectivity index (χ1n) is 5.13. The molecule has 1 aromatic rings. The predicted molar refractivity (Wildman–Crippen MR) is 54.2 cm³/mol. The van der Waals surface area contributed by atoms with Gasteiger partial charge in [0.2, 0.25) is 0 Å². The highest BCUT2D eigenvalue weighted by atomic mass is 14.7. The van der Waals surface area contributed by atoms with Crippen LogP contribution in [0.3, 0.4) is 0 Å². The quantitative estimate of drug-likeness (QED) is 0.671. The van der Waals surface area contributed by atoms with Gasteiger partial charge in [0.15, 0.2) is 0 Å². The predicted octanol–water partition coefficient (Wildman–Crippen LogP) is 3.21. The molecule has 1 heterocycles. The Morgan fingerprint density at radius 2 is 2.08 bits per heavy atom. The Morgan fingerprint density at radius 1 is 1.31 bits per heavy atom. The van der Waals surface area contributed by atoms with Crippen molar-refractivity contribution in [2.24, 2.45) is 5.92 Å². The summed E-state index contributed by atoms with van der Waals surface area (Å²) >= 11 is 0. The molecule has 0 amide bonds. The van der Waals surface area contributed by atoms with Gasteiger partial charge in [-0.3, -0.25) is 4.98 Å². The fourth-order valence-electron chi connectivity index (χ4n) is 2.16. The Bertz CT molecular complexity index is 249. The summed E-state index contributed by atoms with van der Waals surface area (Å²) in [4.78, 5) is 4.39. The standard InChI is InChI=1S/C12H16N/c1-10(11-6-2-3-7-11)12-8-4-5-9-13-12/h4-5,8-9,11H,2-3,6-7H2,1H3. The summed E-state index contributed by atoms with van der Waals surface area (Å²) in [6, 6.07) is 6.17. The van der Waals surface area contributed by atoms with Gasteiger partial charge in [-0.15, -0.1) is 0 Å². The van der Waals surface area contributed by atoms with E-state index in [4.69, 9.17) is 0 Å². The average Bonchev–Trinajstić information content (AvgIpc) is 2.71. The van der Waals surface area contributed by atoms with Crippen LogP contribution in [-0.4, -0.2) is 4.98 Å². The third-order valence-electron chi connectivity index (χ3n) is 3.04. The molecule has 0 N–H and O–H groups in total. The number of rotatable bonds is 2. The Morgan fingerprint density at radius 3 is 2.69 bits per heavy atom. The molecule has 1 fully saturated rings. The fraction of sp³-hybridized carbons (Fsp3) is 0.500. The molecule has 1 saturated carbocycles. The van der Waals surface area contributed by atoms with Crippen molar-refractivity contribution >= 4 is 0 Å². The smallest absolute Gasteiger partial charge is 0.0474 e. The minimum absolute atomic E-state index is 0.801. The Hall–Kier alpha value is -0.850. The number of pyridine rings is 1. The van der Waals surface area contributed by atoms with Gasteiger partial charge in [0.1, 0.15) is 0 Å². The molecule has 13 heavy (non-hydrogen) atoms. The highest BCUT2D eigenvalue weighted by Crippen LogP contribution is 2.35. The molecule has 0 unspecified atom stereocenters. The maximum Gasteiger partial charge on any atom is 0.0474 e. The van der Waals surface area contributed by atoms with Crippen molar-refractivity contribution < 1.29 is 0 Å². The molecule has 69 valence electrons. The first kappa shape index (κ1) is 8.74. The van der Waals surface area contributed by atoms with Gasteiger partial charge in [0.25, 0.3) is 0 Å². The zero-order chi connectivity index (χ0) is 9.10. The Labute approximate surface area is 80.2 Å². The summed E-state index contributed by atoms with van der Waals surface area (Å²) in [6.07, 6.45) is 7.41. The van der Waals surface area contributed by atoms with Gasteiger partial charge >= 0.3 is 0 Å². The van der Waals surface area contributed by atoms with Crippen LogP contribution in [0.15, 0.2) is 24.4 Å². The molecule has 0 atom stereocenters. The van der Waals surface area contributed by atoms with Gasteiger partial charge in [-0.05, 0) is 30.9 Å². The molecule has 1 heteroatoms. The summed E-state index contributed by atoms with van der Waals surface area (Å²) in [5, 5.41) is 0. The molecule has 1 aliphatic rings. The SMILES string of the molecule is C[C](c1ccccn1)C1CCCC1. The van der Waals surface area contributed by atoms with Crippen LogP contribution in [-0.2, 0) is 0 Å².